The summed E-state index contributed by atoms with van der Waals surface area (Å²) in [6.07, 6.45) is 3.48. The summed E-state index contributed by atoms with van der Waals surface area (Å²) in [5, 5.41) is 2.58. The number of benzene rings is 1. The molecule has 1 aromatic carbocycles. The van der Waals surface area contributed by atoms with E-state index in [9.17, 15) is 18.0 Å². The number of carbonyl (C=O) groups is 2. The van der Waals surface area contributed by atoms with Gasteiger partial charge in [-0.1, -0.05) is 13.3 Å². The molecule has 28 heavy (non-hydrogen) atoms. The van der Waals surface area contributed by atoms with E-state index in [4.69, 9.17) is 9.47 Å². The summed E-state index contributed by atoms with van der Waals surface area (Å²) in [6.45, 7) is 2.51. The molecule has 1 aliphatic carbocycles. The van der Waals surface area contributed by atoms with E-state index in [0.717, 1.165) is 25.7 Å². The minimum atomic E-state index is -3.64. The number of nitrogens with zero attached hydrogens (tertiary/aromatic N) is 1. The Kier molecular flexibility index (Phi) is 6.24. The Morgan fingerprint density at radius 3 is 2.50 bits per heavy atom. The lowest BCUT2D eigenvalue weighted by atomic mass is 10.2. The van der Waals surface area contributed by atoms with Crippen molar-refractivity contribution in [1.29, 1.82) is 0 Å². The number of esters is 1. The molecule has 8 nitrogen and oxygen atoms in total. The van der Waals surface area contributed by atoms with Crippen LogP contribution < -0.4 is 10.1 Å². The average Bonchev–Trinajstić information content (AvgIpc) is 3.43. The summed E-state index contributed by atoms with van der Waals surface area (Å²) in [5.41, 5.74) is 0.224. The van der Waals surface area contributed by atoms with Gasteiger partial charge in [-0.25, -0.2) is 8.42 Å². The first-order valence-electron chi connectivity index (χ1n) is 9.47. The number of amides is 1. The van der Waals surface area contributed by atoms with Gasteiger partial charge in [-0.15, -0.1) is 0 Å². The van der Waals surface area contributed by atoms with Gasteiger partial charge >= 0.3 is 5.97 Å². The predicted octanol–water partition coefficient (Wildman–Crippen LogP) is 2.01. The molecule has 2 aliphatic rings. The quantitative estimate of drug-likeness (QED) is 0.690. The number of sulfonamides is 1. The first-order chi connectivity index (χ1) is 13.3. The Hall–Kier alpha value is -2.13. The van der Waals surface area contributed by atoms with Gasteiger partial charge < -0.3 is 14.8 Å². The van der Waals surface area contributed by atoms with Gasteiger partial charge in [0.05, 0.1) is 23.6 Å². The van der Waals surface area contributed by atoms with Crippen LogP contribution in [0.3, 0.4) is 0 Å². The van der Waals surface area contributed by atoms with Gasteiger partial charge in [-0.2, -0.15) is 4.31 Å². The van der Waals surface area contributed by atoms with Gasteiger partial charge in [-0.3, -0.25) is 9.59 Å². The summed E-state index contributed by atoms with van der Waals surface area (Å²) in [6, 6.07) is 4.35. The van der Waals surface area contributed by atoms with Crippen molar-refractivity contribution in [2.24, 2.45) is 11.8 Å². The standard InChI is InChI=1S/C19H26N2O6S/c1-13-10-15(13)19(23)27-12-18(22)20-16-11-14(6-7-17(16)26-2)28(24,25)21-8-4-3-5-9-21/h6-7,11,13,15H,3-5,8-10,12H2,1-2H3,(H,20,22)/t13-,15+/m0/s1. The second-order valence-electron chi connectivity index (χ2n) is 7.30. The molecule has 0 radical (unpaired) electrons. The Bertz CT molecular complexity index is 848. The molecule has 1 N–H and O–H groups in total. The monoisotopic (exact) mass is 410 g/mol. The van der Waals surface area contributed by atoms with Crippen molar-refractivity contribution in [2.75, 3.05) is 32.1 Å². The fourth-order valence-electron chi connectivity index (χ4n) is 3.28. The zero-order valence-electron chi connectivity index (χ0n) is 16.1. The van der Waals surface area contributed by atoms with Crippen molar-refractivity contribution in [1.82, 2.24) is 4.31 Å². The molecule has 0 spiro atoms. The van der Waals surface area contributed by atoms with Crippen molar-refractivity contribution in [3.05, 3.63) is 18.2 Å². The normalized spacial score (nSPS) is 22.4. The van der Waals surface area contributed by atoms with Gasteiger partial charge in [0.15, 0.2) is 6.61 Å². The molecule has 1 amide bonds. The van der Waals surface area contributed by atoms with Crippen LogP contribution in [-0.4, -0.2) is 51.4 Å². The van der Waals surface area contributed by atoms with Gasteiger partial charge in [0.1, 0.15) is 5.75 Å². The Morgan fingerprint density at radius 2 is 1.89 bits per heavy atom. The molecule has 154 valence electrons. The Balaban J connectivity index is 1.70. The number of piperidine rings is 1. The Labute approximate surface area is 165 Å². The third-order valence-corrected chi connectivity index (χ3v) is 7.05. The van der Waals surface area contributed by atoms with E-state index in [1.807, 2.05) is 6.92 Å². The van der Waals surface area contributed by atoms with Crippen molar-refractivity contribution in [3.63, 3.8) is 0 Å². The second-order valence-corrected chi connectivity index (χ2v) is 9.24. The molecule has 2 fully saturated rings. The van der Waals surface area contributed by atoms with E-state index >= 15 is 0 Å². The number of hydrogen-bond donors (Lipinski definition) is 1. The maximum Gasteiger partial charge on any atom is 0.309 e. The number of rotatable bonds is 7. The van der Waals surface area contributed by atoms with E-state index in [1.165, 1.54) is 29.6 Å². The summed E-state index contributed by atoms with van der Waals surface area (Å²) >= 11 is 0. The summed E-state index contributed by atoms with van der Waals surface area (Å²) in [7, 11) is -2.21. The lowest BCUT2D eigenvalue weighted by molar-refractivity contribution is -0.148. The summed E-state index contributed by atoms with van der Waals surface area (Å²) in [4.78, 5) is 24.0. The topological polar surface area (TPSA) is 102 Å². The highest BCUT2D eigenvalue weighted by Crippen LogP contribution is 2.38. The van der Waals surface area contributed by atoms with Crippen molar-refractivity contribution >= 4 is 27.6 Å². The number of ether oxygens (including phenoxy) is 2. The van der Waals surface area contributed by atoms with E-state index < -0.39 is 22.5 Å². The fraction of sp³-hybridized carbons (Fsp3) is 0.579. The predicted molar refractivity (Wildman–Crippen MR) is 102 cm³/mol. The number of hydrogen-bond acceptors (Lipinski definition) is 6. The van der Waals surface area contributed by atoms with Crippen LogP contribution in [0.1, 0.15) is 32.6 Å². The molecule has 0 unspecified atom stereocenters. The number of methoxy groups -OCH3 is 1. The maximum absolute atomic E-state index is 12.9. The van der Waals surface area contributed by atoms with Crippen molar-refractivity contribution in [2.45, 2.75) is 37.5 Å². The van der Waals surface area contributed by atoms with E-state index in [-0.39, 0.29) is 22.5 Å². The van der Waals surface area contributed by atoms with Gasteiger partial charge in [-0.05, 0) is 43.4 Å². The first kappa shape index (κ1) is 20.6. The Morgan fingerprint density at radius 1 is 1.21 bits per heavy atom. The van der Waals surface area contributed by atoms with Crippen LogP contribution in [0.15, 0.2) is 23.1 Å². The molecule has 1 aromatic rings. The van der Waals surface area contributed by atoms with E-state index in [2.05, 4.69) is 5.32 Å². The lowest BCUT2D eigenvalue weighted by Gasteiger charge is -2.26. The smallest absolute Gasteiger partial charge is 0.309 e. The van der Waals surface area contributed by atoms with Crippen LogP contribution >= 0.6 is 0 Å². The van der Waals surface area contributed by atoms with E-state index in [1.54, 1.807) is 0 Å². The van der Waals surface area contributed by atoms with Crippen LogP contribution in [0.4, 0.5) is 5.69 Å². The third-order valence-electron chi connectivity index (χ3n) is 5.16. The molecular formula is C19H26N2O6S. The number of anilines is 1. The van der Waals surface area contributed by atoms with E-state index in [0.29, 0.717) is 24.8 Å². The summed E-state index contributed by atoms with van der Waals surface area (Å²) < 4.78 is 37.4. The van der Waals surface area contributed by atoms with Gasteiger partial charge in [0.2, 0.25) is 10.0 Å². The minimum absolute atomic E-state index is 0.0919. The van der Waals surface area contributed by atoms with Crippen LogP contribution in [-0.2, 0) is 24.3 Å². The highest BCUT2D eigenvalue weighted by molar-refractivity contribution is 7.89. The lowest BCUT2D eigenvalue weighted by Crippen LogP contribution is -2.35. The van der Waals surface area contributed by atoms with Crippen molar-refractivity contribution in [3.8, 4) is 5.75 Å². The van der Waals surface area contributed by atoms with Gasteiger partial charge in [0, 0.05) is 13.1 Å². The molecule has 0 aromatic heterocycles. The molecule has 9 heteroatoms. The van der Waals surface area contributed by atoms with Crippen LogP contribution in [0.2, 0.25) is 0 Å². The average molecular weight is 410 g/mol. The highest BCUT2D eigenvalue weighted by atomic mass is 32.2. The van der Waals surface area contributed by atoms with Gasteiger partial charge in [0.25, 0.3) is 5.91 Å². The first-order valence-corrected chi connectivity index (χ1v) is 10.9. The molecule has 0 bridgehead atoms. The van der Waals surface area contributed by atoms with Crippen molar-refractivity contribution < 1.29 is 27.5 Å². The summed E-state index contributed by atoms with van der Waals surface area (Å²) in [5.74, 6) is -0.427. The maximum atomic E-state index is 12.9. The molecule has 1 saturated heterocycles. The third kappa shape index (κ3) is 4.64. The SMILES string of the molecule is COc1ccc(S(=O)(=O)N2CCCCC2)cc1NC(=O)COC(=O)[C@@H]1C[C@@H]1C. The van der Waals surface area contributed by atoms with Crippen LogP contribution in [0.25, 0.3) is 0 Å². The molecular weight excluding hydrogens is 384 g/mol. The number of carbonyl (C=O) groups excluding carboxylic acids is 2. The molecule has 2 atom stereocenters. The molecule has 1 aliphatic heterocycles. The number of nitrogens with one attached hydrogen (secondary N) is 1. The molecule has 3 rings (SSSR count). The zero-order chi connectivity index (χ0) is 20.3. The second kappa shape index (κ2) is 8.48. The largest absolute Gasteiger partial charge is 0.495 e. The molecule has 1 heterocycles. The van der Waals surface area contributed by atoms with Crippen LogP contribution in [0, 0.1) is 11.8 Å². The molecule has 1 saturated carbocycles. The minimum Gasteiger partial charge on any atom is -0.495 e. The zero-order valence-corrected chi connectivity index (χ0v) is 17.0. The highest BCUT2D eigenvalue weighted by Gasteiger charge is 2.40. The van der Waals surface area contributed by atoms with Crippen LogP contribution in [0.5, 0.6) is 5.75 Å². The fourth-order valence-corrected chi connectivity index (χ4v) is 4.82.